The molecule has 30 heavy (non-hydrogen) atoms. The minimum absolute atomic E-state index is 0. The van der Waals surface area contributed by atoms with Gasteiger partial charge in [0.15, 0.2) is 0 Å². The summed E-state index contributed by atoms with van der Waals surface area (Å²) in [5.41, 5.74) is 0.617. The Labute approximate surface area is 194 Å². The van der Waals surface area contributed by atoms with Gasteiger partial charge in [0.05, 0.1) is 13.2 Å². The summed E-state index contributed by atoms with van der Waals surface area (Å²) in [6.07, 6.45) is 10.5. The summed E-state index contributed by atoms with van der Waals surface area (Å²) in [5, 5.41) is 0. The van der Waals surface area contributed by atoms with Crippen molar-refractivity contribution in [1.29, 1.82) is 0 Å². The Kier molecular flexibility index (Phi) is 27.5. The molecule has 0 unspecified atom stereocenters. The highest BCUT2D eigenvalue weighted by atomic mass is 16.5. The van der Waals surface area contributed by atoms with Crippen molar-refractivity contribution in [1.82, 2.24) is 0 Å². The molecule has 0 heterocycles. The zero-order chi connectivity index (χ0) is 22.1. The van der Waals surface area contributed by atoms with Crippen LogP contribution < -0.4 is 0 Å². The van der Waals surface area contributed by atoms with Crippen LogP contribution in [0.4, 0.5) is 0 Å². The second kappa shape index (κ2) is 22.1. The van der Waals surface area contributed by atoms with Crippen LogP contribution in [0.5, 0.6) is 0 Å². The minimum atomic E-state index is 0. The predicted molar refractivity (Wildman–Crippen MR) is 141 cm³/mol. The molecule has 188 valence electrons. The lowest BCUT2D eigenvalue weighted by molar-refractivity contribution is 0.0443. The van der Waals surface area contributed by atoms with Crippen molar-refractivity contribution >= 4 is 0 Å². The molecule has 2 nitrogen and oxygen atoms in total. The Hall–Kier alpha value is -0.0800. The van der Waals surface area contributed by atoms with E-state index in [1.54, 1.807) is 0 Å². The van der Waals surface area contributed by atoms with Crippen LogP contribution in [0.2, 0.25) is 0 Å². The maximum Gasteiger partial charge on any atom is 0.0514 e. The highest BCUT2D eigenvalue weighted by Crippen LogP contribution is 2.18. The molecule has 0 aliphatic carbocycles. The Morgan fingerprint density at radius 1 is 0.567 bits per heavy atom. The van der Waals surface area contributed by atoms with Gasteiger partial charge in [-0.1, -0.05) is 123 Å². The molecule has 0 aromatic rings. The van der Waals surface area contributed by atoms with Crippen LogP contribution in [0, 0.1) is 22.7 Å². The van der Waals surface area contributed by atoms with E-state index in [9.17, 15) is 0 Å². The third-order valence-corrected chi connectivity index (χ3v) is 4.86. The first-order valence-corrected chi connectivity index (χ1v) is 12.1. The van der Waals surface area contributed by atoms with Gasteiger partial charge in [-0.15, -0.1) is 0 Å². The average molecular weight is 433 g/mol. The van der Waals surface area contributed by atoms with Crippen LogP contribution in [-0.4, -0.2) is 26.4 Å². The molecule has 0 amide bonds. The Morgan fingerprint density at radius 2 is 0.867 bits per heavy atom. The summed E-state index contributed by atoms with van der Waals surface area (Å²) in [4.78, 5) is 0. The molecule has 0 bridgehead atoms. The smallest absolute Gasteiger partial charge is 0.0514 e. The first-order valence-electron chi connectivity index (χ1n) is 12.1. The van der Waals surface area contributed by atoms with Gasteiger partial charge in [-0.05, 0) is 35.5 Å². The SMILES string of the molecule is C.C.CCCC[C@@H](CC)COCC(C)(C)C.CCCC[C@H](CC)COCC(C)(C)C. The average Bonchev–Trinajstić information content (AvgIpc) is 2.59. The highest BCUT2D eigenvalue weighted by molar-refractivity contribution is 4.62. The van der Waals surface area contributed by atoms with Crippen molar-refractivity contribution in [2.75, 3.05) is 26.4 Å². The van der Waals surface area contributed by atoms with E-state index < -0.39 is 0 Å². The Balaban J connectivity index is -0.000000211. The van der Waals surface area contributed by atoms with E-state index in [4.69, 9.17) is 9.47 Å². The highest BCUT2D eigenvalue weighted by Gasteiger charge is 2.13. The van der Waals surface area contributed by atoms with Gasteiger partial charge in [0, 0.05) is 13.2 Å². The normalized spacial score (nSPS) is 13.4. The van der Waals surface area contributed by atoms with E-state index in [0.29, 0.717) is 10.8 Å². The van der Waals surface area contributed by atoms with Crippen molar-refractivity contribution in [3.05, 3.63) is 0 Å². The molecule has 0 radical (unpaired) electrons. The zero-order valence-corrected chi connectivity index (χ0v) is 21.5. The fourth-order valence-electron chi connectivity index (χ4n) is 2.86. The van der Waals surface area contributed by atoms with Crippen molar-refractivity contribution in [3.8, 4) is 0 Å². The molecular formula is C28H64O2. The summed E-state index contributed by atoms with van der Waals surface area (Å²) < 4.78 is 11.5. The van der Waals surface area contributed by atoms with Crippen LogP contribution >= 0.6 is 0 Å². The largest absolute Gasteiger partial charge is 0.381 e. The van der Waals surface area contributed by atoms with E-state index in [1.807, 2.05) is 0 Å². The van der Waals surface area contributed by atoms with Crippen LogP contribution in [-0.2, 0) is 9.47 Å². The van der Waals surface area contributed by atoms with E-state index >= 15 is 0 Å². The van der Waals surface area contributed by atoms with Gasteiger partial charge in [-0.3, -0.25) is 0 Å². The minimum Gasteiger partial charge on any atom is -0.381 e. The van der Waals surface area contributed by atoms with Crippen molar-refractivity contribution in [2.45, 2.75) is 135 Å². The van der Waals surface area contributed by atoms with Gasteiger partial charge in [-0.25, -0.2) is 0 Å². The lowest BCUT2D eigenvalue weighted by Crippen LogP contribution is -2.18. The van der Waals surface area contributed by atoms with Crippen LogP contribution in [0.3, 0.4) is 0 Å². The lowest BCUT2D eigenvalue weighted by Gasteiger charge is -2.21. The molecular weight excluding hydrogens is 368 g/mol. The fraction of sp³-hybridized carbons (Fsp3) is 1.00. The quantitative estimate of drug-likeness (QED) is 0.272. The summed E-state index contributed by atoms with van der Waals surface area (Å²) in [7, 11) is 0. The number of ether oxygens (including phenoxy) is 2. The molecule has 0 saturated heterocycles. The van der Waals surface area contributed by atoms with Gasteiger partial charge in [0.25, 0.3) is 0 Å². The van der Waals surface area contributed by atoms with Crippen LogP contribution in [0.1, 0.15) is 135 Å². The zero-order valence-electron chi connectivity index (χ0n) is 21.5. The second-order valence-corrected chi connectivity index (χ2v) is 11.0. The molecule has 0 spiro atoms. The van der Waals surface area contributed by atoms with Gasteiger partial charge >= 0.3 is 0 Å². The van der Waals surface area contributed by atoms with Crippen molar-refractivity contribution in [3.63, 3.8) is 0 Å². The third-order valence-electron chi connectivity index (χ3n) is 4.86. The van der Waals surface area contributed by atoms with E-state index in [2.05, 4.69) is 69.2 Å². The summed E-state index contributed by atoms with van der Waals surface area (Å²) in [6.45, 7) is 26.0. The first-order chi connectivity index (χ1) is 13.0. The number of hydrogen-bond acceptors (Lipinski definition) is 2. The molecule has 2 heteroatoms. The van der Waals surface area contributed by atoms with Gasteiger partial charge < -0.3 is 9.47 Å². The van der Waals surface area contributed by atoms with E-state index in [1.165, 1.54) is 51.4 Å². The van der Waals surface area contributed by atoms with Gasteiger partial charge in [-0.2, -0.15) is 0 Å². The summed E-state index contributed by atoms with van der Waals surface area (Å²) >= 11 is 0. The molecule has 0 aliphatic heterocycles. The number of unbranched alkanes of at least 4 members (excludes halogenated alkanes) is 2. The van der Waals surface area contributed by atoms with Gasteiger partial charge in [0.2, 0.25) is 0 Å². The van der Waals surface area contributed by atoms with E-state index in [-0.39, 0.29) is 14.9 Å². The molecule has 0 saturated carbocycles. The Morgan fingerprint density at radius 3 is 1.07 bits per heavy atom. The monoisotopic (exact) mass is 432 g/mol. The van der Waals surface area contributed by atoms with Gasteiger partial charge in [0.1, 0.15) is 0 Å². The molecule has 0 N–H and O–H groups in total. The number of hydrogen-bond donors (Lipinski definition) is 0. The molecule has 0 aromatic carbocycles. The molecule has 0 rings (SSSR count). The lowest BCUT2D eigenvalue weighted by atomic mass is 9.98. The molecule has 0 aromatic heterocycles. The third kappa shape index (κ3) is 30.1. The topological polar surface area (TPSA) is 18.5 Å². The van der Waals surface area contributed by atoms with E-state index in [0.717, 1.165) is 38.3 Å². The molecule has 0 fully saturated rings. The van der Waals surface area contributed by atoms with Crippen molar-refractivity contribution < 1.29 is 9.47 Å². The summed E-state index contributed by atoms with van der Waals surface area (Å²) in [6, 6.07) is 0. The molecule has 2 atom stereocenters. The molecule has 0 aliphatic rings. The fourth-order valence-corrected chi connectivity index (χ4v) is 2.86. The standard InChI is InChI=1S/2C13H28O.2CH4/c2*1-6-8-9-12(7-2)10-14-11-13(3,4)5;;/h2*12H,6-11H2,1-5H3;2*1H4/t2*12-;;/m10../s1. The predicted octanol–water partition coefficient (Wildman–Crippen LogP) is 9.80. The number of rotatable bonds is 14. The van der Waals surface area contributed by atoms with Crippen LogP contribution in [0.15, 0.2) is 0 Å². The maximum absolute atomic E-state index is 5.75. The maximum atomic E-state index is 5.75. The second-order valence-electron chi connectivity index (χ2n) is 11.0. The van der Waals surface area contributed by atoms with Crippen LogP contribution in [0.25, 0.3) is 0 Å². The Bertz CT molecular complexity index is 280. The first kappa shape index (κ1) is 37.2. The van der Waals surface area contributed by atoms with Crippen molar-refractivity contribution in [2.24, 2.45) is 22.7 Å². The summed E-state index contributed by atoms with van der Waals surface area (Å²) in [5.74, 6) is 1.55.